The standard InChI is InChI=1S/C13H15BrClN3/c1-18-7-6-17-13(18)4-5-16-9-10-8-11(15)2-3-12(10)14/h2-3,6-8,16H,4-5,9H2,1H3. The fourth-order valence-corrected chi connectivity index (χ4v) is 2.32. The molecule has 0 aliphatic rings. The van der Waals surface area contributed by atoms with Gasteiger partial charge in [-0.3, -0.25) is 0 Å². The van der Waals surface area contributed by atoms with Gasteiger partial charge in [-0.15, -0.1) is 0 Å². The molecule has 0 fully saturated rings. The number of aromatic nitrogens is 2. The molecule has 2 rings (SSSR count). The molecule has 18 heavy (non-hydrogen) atoms. The Balaban J connectivity index is 1.82. The van der Waals surface area contributed by atoms with Crippen LogP contribution in [0.4, 0.5) is 0 Å². The van der Waals surface area contributed by atoms with Crippen molar-refractivity contribution in [1.82, 2.24) is 14.9 Å². The lowest BCUT2D eigenvalue weighted by atomic mass is 10.2. The SMILES string of the molecule is Cn1ccnc1CCNCc1cc(Cl)ccc1Br. The zero-order valence-electron chi connectivity index (χ0n) is 10.2. The van der Waals surface area contributed by atoms with Crippen LogP contribution < -0.4 is 5.32 Å². The summed E-state index contributed by atoms with van der Waals surface area (Å²) in [5.41, 5.74) is 1.17. The lowest BCUT2D eigenvalue weighted by Crippen LogP contribution is -2.18. The summed E-state index contributed by atoms with van der Waals surface area (Å²) in [4.78, 5) is 4.28. The third kappa shape index (κ3) is 3.57. The molecular weight excluding hydrogens is 314 g/mol. The molecule has 0 aliphatic carbocycles. The van der Waals surface area contributed by atoms with Gasteiger partial charge in [0.1, 0.15) is 5.82 Å². The molecule has 0 saturated heterocycles. The Morgan fingerprint density at radius 1 is 1.44 bits per heavy atom. The molecule has 0 radical (unpaired) electrons. The van der Waals surface area contributed by atoms with Gasteiger partial charge in [-0.2, -0.15) is 0 Å². The maximum absolute atomic E-state index is 5.97. The summed E-state index contributed by atoms with van der Waals surface area (Å²) in [5, 5.41) is 4.16. The van der Waals surface area contributed by atoms with Gasteiger partial charge in [0.05, 0.1) is 0 Å². The van der Waals surface area contributed by atoms with Gasteiger partial charge in [0.25, 0.3) is 0 Å². The van der Waals surface area contributed by atoms with Crippen LogP contribution in [-0.2, 0) is 20.0 Å². The van der Waals surface area contributed by atoms with Crippen molar-refractivity contribution in [2.24, 2.45) is 7.05 Å². The van der Waals surface area contributed by atoms with Crippen molar-refractivity contribution in [3.8, 4) is 0 Å². The summed E-state index contributed by atoms with van der Waals surface area (Å²) >= 11 is 9.49. The maximum atomic E-state index is 5.97. The number of hydrogen-bond donors (Lipinski definition) is 1. The van der Waals surface area contributed by atoms with Gasteiger partial charge in [-0.05, 0) is 23.8 Å². The average Bonchev–Trinajstić information content (AvgIpc) is 2.75. The number of halogens is 2. The van der Waals surface area contributed by atoms with Crippen molar-refractivity contribution in [2.75, 3.05) is 6.54 Å². The van der Waals surface area contributed by atoms with E-state index in [4.69, 9.17) is 11.6 Å². The van der Waals surface area contributed by atoms with Crippen LogP contribution >= 0.6 is 27.5 Å². The van der Waals surface area contributed by atoms with Crippen LogP contribution in [0.1, 0.15) is 11.4 Å². The van der Waals surface area contributed by atoms with Crippen LogP contribution in [-0.4, -0.2) is 16.1 Å². The van der Waals surface area contributed by atoms with E-state index in [0.717, 1.165) is 34.8 Å². The Kier molecular flexibility index (Phi) is 4.80. The number of rotatable bonds is 5. The van der Waals surface area contributed by atoms with E-state index < -0.39 is 0 Å². The third-order valence-electron chi connectivity index (χ3n) is 2.77. The highest BCUT2D eigenvalue weighted by Crippen LogP contribution is 2.20. The van der Waals surface area contributed by atoms with E-state index in [-0.39, 0.29) is 0 Å². The van der Waals surface area contributed by atoms with Gasteiger partial charge < -0.3 is 9.88 Å². The summed E-state index contributed by atoms with van der Waals surface area (Å²) in [6, 6.07) is 5.82. The van der Waals surface area contributed by atoms with E-state index in [9.17, 15) is 0 Å². The predicted molar refractivity (Wildman–Crippen MR) is 77.8 cm³/mol. The monoisotopic (exact) mass is 327 g/mol. The molecule has 3 nitrogen and oxygen atoms in total. The molecule has 1 heterocycles. The fourth-order valence-electron chi connectivity index (χ4n) is 1.74. The molecule has 1 aromatic carbocycles. The zero-order chi connectivity index (χ0) is 13.0. The highest BCUT2D eigenvalue weighted by molar-refractivity contribution is 9.10. The first-order valence-corrected chi connectivity index (χ1v) is 6.95. The summed E-state index contributed by atoms with van der Waals surface area (Å²) < 4.78 is 3.12. The van der Waals surface area contributed by atoms with E-state index in [1.807, 2.05) is 42.2 Å². The molecule has 96 valence electrons. The van der Waals surface area contributed by atoms with Gasteiger partial charge in [0.15, 0.2) is 0 Å². The highest BCUT2D eigenvalue weighted by atomic mass is 79.9. The molecule has 0 amide bonds. The number of aryl methyl sites for hydroxylation is 1. The van der Waals surface area contributed by atoms with E-state index in [1.165, 1.54) is 5.56 Å². The highest BCUT2D eigenvalue weighted by Gasteiger charge is 2.02. The molecule has 0 saturated carbocycles. The molecule has 1 aromatic heterocycles. The van der Waals surface area contributed by atoms with Crippen molar-refractivity contribution in [3.63, 3.8) is 0 Å². The second kappa shape index (κ2) is 6.36. The van der Waals surface area contributed by atoms with Gasteiger partial charge in [0, 0.05) is 48.4 Å². The molecular formula is C13H15BrClN3. The van der Waals surface area contributed by atoms with Crippen LogP contribution in [0.25, 0.3) is 0 Å². The maximum Gasteiger partial charge on any atom is 0.109 e. The van der Waals surface area contributed by atoms with E-state index in [0.29, 0.717) is 0 Å². The second-order valence-corrected chi connectivity index (χ2v) is 5.41. The van der Waals surface area contributed by atoms with Crippen LogP contribution in [0.15, 0.2) is 35.1 Å². The molecule has 0 atom stereocenters. The van der Waals surface area contributed by atoms with Crippen molar-refractivity contribution >= 4 is 27.5 Å². The topological polar surface area (TPSA) is 29.9 Å². The number of imidazole rings is 1. The summed E-state index contributed by atoms with van der Waals surface area (Å²) in [6.45, 7) is 1.69. The van der Waals surface area contributed by atoms with Gasteiger partial charge in [-0.1, -0.05) is 27.5 Å². The lowest BCUT2D eigenvalue weighted by Gasteiger charge is -2.07. The summed E-state index contributed by atoms with van der Waals surface area (Å²) in [6.07, 6.45) is 4.70. The van der Waals surface area contributed by atoms with Gasteiger partial charge in [0.2, 0.25) is 0 Å². The van der Waals surface area contributed by atoms with Crippen LogP contribution in [0.3, 0.4) is 0 Å². The van der Waals surface area contributed by atoms with Crippen molar-refractivity contribution in [1.29, 1.82) is 0 Å². The number of nitrogens with one attached hydrogen (secondary N) is 1. The normalized spacial score (nSPS) is 10.8. The first kappa shape index (κ1) is 13.6. The second-order valence-electron chi connectivity index (χ2n) is 4.12. The van der Waals surface area contributed by atoms with Crippen molar-refractivity contribution in [3.05, 3.63) is 51.5 Å². The molecule has 0 bridgehead atoms. The van der Waals surface area contributed by atoms with Gasteiger partial charge >= 0.3 is 0 Å². The fraction of sp³-hybridized carbons (Fsp3) is 0.308. The largest absolute Gasteiger partial charge is 0.338 e. The minimum absolute atomic E-state index is 0.763. The Labute approximate surface area is 120 Å². The summed E-state index contributed by atoms with van der Waals surface area (Å²) in [5.74, 6) is 1.09. The number of nitrogens with zero attached hydrogens (tertiary/aromatic N) is 2. The molecule has 2 aromatic rings. The van der Waals surface area contributed by atoms with Crippen molar-refractivity contribution < 1.29 is 0 Å². The van der Waals surface area contributed by atoms with E-state index in [2.05, 4.69) is 26.2 Å². The smallest absolute Gasteiger partial charge is 0.109 e. The minimum Gasteiger partial charge on any atom is -0.338 e. The predicted octanol–water partition coefficient (Wildman–Crippen LogP) is 3.17. The lowest BCUT2D eigenvalue weighted by molar-refractivity contribution is 0.654. The quantitative estimate of drug-likeness (QED) is 0.854. The Bertz CT molecular complexity index is 525. The number of benzene rings is 1. The van der Waals surface area contributed by atoms with E-state index in [1.54, 1.807) is 0 Å². The Hall–Kier alpha value is -0.840. The average molecular weight is 329 g/mol. The Morgan fingerprint density at radius 2 is 2.28 bits per heavy atom. The molecule has 0 spiro atoms. The van der Waals surface area contributed by atoms with Gasteiger partial charge in [-0.25, -0.2) is 4.98 Å². The van der Waals surface area contributed by atoms with E-state index >= 15 is 0 Å². The molecule has 0 unspecified atom stereocenters. The van der Waals surface area contributed by atoms with Crippen LogP contribution in [0.5, 0.6) is 0 Å². The first-order valence-electron chi connectivity index (χ1n) is 5.77. The summed E-state index contributed by atoms with van der Waals surface area (Å²) in [7, 11) is 2.01. The molecule has 5 heteroatoms. The molecule has 1 N–H and O–H groups in total. The van der Waals surface area contributed by atoms with Crippen LogP contribution in [0, 0.1) is 0 Å². The Morgan fingerprint density at radius 3 is 3.00 bits per heavy atom. The third-order valence-corrected chi connectivity index (χ3v) is 3.78. The first-order chi connectivity index (χ1) is 8.66. The van der Waals surface area contributed by atoms with Crippen LogP contribution in [0.2, 0.25) is 5.02 Å². The minimum atomic E-state index is 0.763. The number of hydrogen-bond acceptors (Lipinski definition) is 2. The molecule has 0 aliphatic heterocycles. The van der Waals surface area contributed by atoms with Crippen molar-refractivity contribution in [2.45, 2.75) is 13.0 Å². The zero-order valence-corrected chi connectivity index (χ0v) is 12.5.